The van der Waals surface area contributed by atoms with E-state index in [2.05, 4.69) is 19.1 Å². The zero-order chi connectivity index (χ0) is 12.6. The summed E-state index contributed by atoms with van der Waals surface area (Å²) in [6, 6.07) is 8.14. The van der Waals surface area contributed by atoms with Crippen molar-refractivity contribution in [3.05, 3.63) is 35.4 Å². The van der Waals surface area contributed by atoms with Crippen molar-refractivity contribution in [1.29, 1.82) is 0 Å². The predicted molar refractivity (Wildman–Crippen MR) is 73.8 cm³/mol. The largest absolute Gasteiger partial charge is 0.294 e. The Morgan fingerprint density at radius 1 is 1.06 bits per heavy atom. The lowest BCUT2D eigenvalue weighted by Gasteiger charge is -2.30. The second-order valence-corrected chi connectivity index (χ2v) is 6.24. The first kappa shape index (κ1) is 12.0. The molecule has 1 aromatic rings. The van der Waals surface area contributed by atoms with Crippen LogP contribution >= 0.6 is 0 Å². The van der Waals surface area contributed by atoms with Crippen molar-refractivity contribution in [1.82, 2.24) is 0 Å². The van der Waals surface area contributed by atoms with Gasteiger partial charge >= 0.3 is 0 Å². The van der Waals surface area contributed by atoms with E-state index in [-0.39, 0.29) is 0 Å². The lowest BCUT2D eigenvalue weighted by molar-refractivity contribution is 0.0804. The lowest BCUT2D eigenvalue weighted by Crippen LogP contribution is -2.28. The summed E-state index contributed by atoms with van der Waals surface area (Å²) < 4.78 is 0. The summed E-state index contributed by atoms with van der Waals surface area (Å²) in [5.41, 5.74) is 2.54. The molecule has 0 aliphatic heterocycles. The third kappa shape index (κ3) is 1.90. The third-order valence-corrected chi connectivity index (χ3v) is 5.16. The number of aryl methyl sites for hydroxylation is 1. The second-order valence-electron chi connectivity index (χ2n) is 6.24. The van der Waals surface area contributed by atoms with Gasteiger partial charge in [0.2, 0.25) is 0 Å². The van der Waals surface area contributed by atoms with Crippen LogP contribution in [0.4, 0.5) is 0 Å². The molecule has 1 unspecified atom stereocenters. The van der Waals surface area contributed by atoms with Gasteiger partial charge in [0.05, 0.1) is 0 Å². The molecule has 0 aromatic heterocycles. The lowest BCUT2D eigenvalue weighted by atomic mass is 9.73. The van der Waals surface area contributed by atoms with E-state index in [0.717, 1.165) is 12.0 Å². The standard InChI is InChI=1S/C17H22O/c1-13-6-8-14(9-7-13)16(18)15-5-4-12-17(15)10-2-3-11-17/h6-9,15H,2-5,10-12H2,1H3. The number of benzene rings is 1. The van der Waals surface area contributed by atoms with Crippen LogP contribution < -0.4 is 0 Å². The van der Waals surface area contributed by atoms with Crippen molar-refractivity contribution >= 4 is 5.78 Å². The van der Waals surface area contributed by atoms with E-state index in [1.165, 1.54) is 44.1 Å². The number of rotatable bonds is 2. The quantitative estimate of drug-likeness (QED) is 0.696. The number of ketones is 1. The van der Waals surface area contributed by atoms with Gasteiger partial charge in [0.25, 0.3) is 0 Å². The minimum absolute atomic E-state index is 0.308. The Morgan fingerprint density at radius 2 is 1.67 bits per heavy atom. The van der Waals surface area contributed by atoms with Gasteiger partial charge in [0.1, 0.15) is 0 Å². The zero-order valence-corrected chi connectivity index (χ0v) is 11.2. The van der Waals surface area contributed by atoms with Crippen molar-refractivity contribution in [2.75, 3.05) is 0 Å². The molecule has 1 spiro atoms. The van der Waals surface area contributed by atoms with Crippen LogP contribution in [0.2, 0.25) is 0 Å². The van der Waals surface area contributed by atoms with Crippen molar-refractivity contribution in [3.8, 4) is 0 Å². The summed E-state index contributed by atoms with van der Waals surface area (Å²) in [7, 11) is 0. The molecule has 2 aliphatic rings. The first-order chi connectivity index (χ1) is 8.71. The molecule has 1 heteroatoms. The van der Waals surface area contributed by atoms with Gasteiger partial charge in [-0.15, -0.1) is 0 Å². The van der Waals surface area contributed by atoms with Crippen LogP contribution in [0.15, 0.2) is 24.3 Å². The Bertz CT molecular complexity index is 432. The van der Waals surface area contributed by atoms with Crippen molar-refractivity contribution in [2.24, 2.45) is 11.3 Å². The van der Waals surface area contributed by atoms with Crippen LogP contribution in [0.5, 0.6) is 0 Å². The molecular weight excluding hydrogens is 220 g/mol. The first-order valence-corrected chi connectivity index (χ1v) is 7.32. The minimum Gasteiger partial charge on any atom is -0.294 e. The predicted octanol–water partition coefficient (Wildman–Crippen LogP) is 4.54. The monoisotopic (exact) mass is 242 g/mol. The Balaban J connectivity index is 1.85. The summed E-state index contributed by atoms with van der Waals surface area (Å²) in [6.07, 6.45) is 8.89. The van der Waals surface area contributed by atoms with Crippen LogP contribution in [0.3, 0.4) is 0 Å². The van der Waals surface area contributed by atoms with Gasteiger partial charge in [-0.05, 0) is 38.0 Å². The van der Waals surface area contributed by atoms with E-state index in [1.807, 2.05) is 12.1 Å². The normalized spacial score (nSPS) is 25.7. The summed E-state index contributed by atoms with van der Waals surface area (Å²) in [4.78, 5) is 12.7. The fourth-order valence-electron chi connectivity index (χ4n) is 4.14. The van der Waals surface area contributed by atoms with E-state index >= 15 is 0 Å². The van der Waals surface area contributed by atoms with E-state index in [1.54, 1.807) is 0 Å². The van der Waals surface area contributed by atoms with Gasteiger partial charge in [0.15, 0.2) is 5.78 Å². The van der Waals surface area contributed by atoms with Crippen LogP contribution in [0.25, 0.3) is 0 Å². The number of hydrogen-bond donors (Lipinski definition) is 0. The molecule has 0 N–H and O–H groups in total. The maximum Gasteiger partial charge on any atom is 0.166 e. The average Bonchev–Trinajstić information content (AvgIpc) is 3.01. The Labute approximate surface area is 110 Å². The van der Waals surface area contributed by atoms with Gasteiger partial charge in [0, 0.05) is 11.5 Å². The topological polar surface area (TPSA) is 17.1 Å². The highest BCUT2D eigenvalue weighted by molar-refractivity contribution is 5.98. The highest BCUT2D eigenvalue weighted by atomic mass is 16.1. The van der Waals surface area contributed by atoms with Crippen LogP contribution in [-0.2, 0) is 0 Å². The van der Waals surface area contributed by atoms with Gasteiger partial charge in [-0.3, -0.25) is 4.79 Å². The van der Waals surface area contributed by atoms with Crippen LogP contribution in [0, 0.1) is 18.3 Å². The zero-order valence-electron chi connectivity index (χ0n) is 11.2. The minimum atomic E-state index is 0.308. The fourth-order valence-corrected chi connectivity index (χ4v) is 4.14. The first-order valence-electron chi connectivity index (χ1n) is 7.32. The molecule has 1 nitrogen and oxygen atoms in total. The van der Waals surface area contributed by atoms with Crippen LogP contribution in [0.1, 0.15) is 60.9 Å². The maximum absolute atomic E-state index is 12.7. The fraction of sp³-hybridized carbons (Fsp3) is 0.588. The molecular formula is C17H22O. The Morgan fingerprint density at radius 3 is 2.33 bits per heavy atom. The van der Waals surface area contributed by atoms with Crippen molar-refractivity contribution in [2.45, 2.75) is 51.9 Å². The Hall–Kier alpha value is -1.11. The van der Waals surface area contributed by atoms with Crippen molar-refractivity contribution < 1.29 is 4.79 Å². The second kappa shape index (κ2) is 4.53. The molecule has 2 saturated carbocycles. The van der Waals surface area contributed by atoms with E-state index in [4.69, 9.17) is 0 Å². The molecule has 18 heavy (non-hydrogen) atoms. The molecule has 2 fully saturated rings. The molecule has 0 radical (unpaired) electrons. The van der Waals surface area contributed by atoms with Crippen molar-refractivity contribution in [3.63, 3.8) is 0 Å². The molecule has 1 aromatic carbocycles. The smallest absolute Gasteiger partial charge is 0.166 e. The molecule has 0 amide bonds. The third-order valence-electron chi connectivity index (χ3n) is 5.16. The molecule has 0 saturated heterocycles. The van der Waals surface area contributed by atoms with Crippen LogP contribution in [-0.4, -0.2) is 5.78 Å². The maximum atomic E-state index is 12.7. The van der Waals surface area contributed by atoms with Gasteiger partial charge < -0.3 is 0 Å². The average molecular weight is 242 g/mol. The van der Waals surface area contributed by atoms with Gasteiger partial charge in [-0.2, -0.15) is 0 Å². The Kier molecular flexibility index (Phi) is 3.01. The van der Waals surface area contributed by atoms with E-state index in [0.29, 0.717) is 17.1 Å². The SMILES string of the molecule is Cc1ccc(C(=O)C2CCCC23CCCC3)cc1. The molecule has 0 heterocycles. The summed E-state index contributed by atoms with van der Waals surface area (Å²) in [6.45, 7) is 2.07. The number of carbonyl (C=O) groups is 1. The molecule has 96 valence electrons. The van der Waals surface area contributed by atoms with Gasteiger partial charge in [-0.25, -0.2) is 0 Å². The molecule has 0 bridgehead atoms. The highest BCUT2D eigenvalue weighted by Gasteiger charge is 2.47. The molecule has 2 aliphatic carbocycles. The molecule has 3 rings (SSSR count). The number of hydrogen-bond acceptors (Lipinski definition) is 1. The highest BCUT2D eigenvalue weighted by Crippen LogP contribution is 2.55. The molecule has 1 atom stereocenters. The number of carbonyl (C=O) groups excluding carboxylic acids is 1. The summed E-state index contributed by atoms with van der Waals surface area (Å²) in [5.74, 6) is 0.720. The van der Waals surface area contributed by atoms with E-state index < -0.39 is 0 Å². The van der Waals surface area contributed by atoms with Gasteiger partial charge in [-0.1, -0.05) is 49.1 Å². The number of Topliss-reactive ketones (excluding diaryl/α,β-unsaturated/α-hetero) is 1. The van der Waals surface area contributed by atoms with E-state index in [9.17, 15) is 4.79 Å². The summed E-state index contributed by atoms with van der Waals surface area (Å²) in [5, 5.41) is 0. The summed E-state index contributed by atoms with van der Waals surface area (Å²) >= 11 is 0.